The van der Waals surface area contributed by atoms with Crippen LogP contribution in [0.25, 0.3) is 11.3 Å². The first-order valence-corrected chi connectivity index (χ1v) is 5.27. The van der Waals surface area contributed by atoms with Gasteiger partial charge in [-0.3, -0.25) is 4.79 Å². The van der Waals surface area contributed by atoms with E-state index in [1.54, 1.807) is 6.07 Å². The van der Waals surface area contributed by atoms with E-state index in [1.165, 1.54) is 0 Å². The molecule has 0 saturated carbocycles. The summed E-state index contributed by atoms with van der Waals surface area (Å²) in [6.07, 6.45) is 0.751. The number of benzene rings is 1. The molecule has 1 aromatic carbocycles. The topological polar surface area (TPSA) is 30.0 Å². The van der Waals surface area contributed by atoms with Crippen LogP contribution in [0, 0.1) is 0 Å². The van der Waals surface area contributed by atoms with Crippen LogP contribution in [0.1, 0.15) is 10.5 Å². The Morgan fingerprint density at radius 1 is 1.13 bits per heavy atom. The van der Waals surface area contributed by atoms with Crippen molar-refractivity contribution in [3.63, 3.8) is 0 Å². The number of rotatable bonds is 2. The fourth-order valence-electron chi connectivity index (χ4n) is 1.33. The van der Waals surface area contributed by atoms with Crippen LogP contribution in [-0.4, -0.2) is 11.3 Å². The van der Waals surface area contributed by atoms with Gasteiger partial charge in [0.1, 0.15) is 5.69 Å². The fourth-order valence-corrected chi connectivity index (χ4v) is 1.72. The molecule has 2 nitrogen and oxygen atoms in total. The molecule has 0 atom stereocenters. The number of hydrogen-bond acceptors (Lipinski definition) is 2. The molecule has 0 spiro atoms. The zero-order valence-electron chi connectivity index (χ0n) is 7.85. The number of nitrogens with zero attached hydrogens (tertiary/aromatic N) is 1. The molecule has 3 heteroatoms. The van der Waals surface area contributed by atoms with Crippen LogP contribution in [0.15, 0.2) is 46.9 Å². The molecule has 0 radical (unpaired) electrons. The van der Waals surface area contributed by atoms with Crippen molar-refractivity contribution in [2.45, 2.75) is 0 Å². The van der Waals surface area contributed by atoms with Gasteiger partial charge in [-0.25, -0.2) is 4.98 Å². The second-order valence-corrected chi connectivity index (χ2v) is 3.99. The predicted molar refractivity (Wildman–Crippen MR) is 62.8 cm³/mol. The van der Waals surface area contributed by atoms with Crippen LogP contribution in [-0.2, 0) is 0 Å². The van der Waals surface area contributed by atoms with Crippen molar-refractivity contribution >= 4 is 22.2 Å². The highest BCUT2D eigenvalue weighted by Gasteiger charge is 2.00. The van der Waals surface area contributed by atoms with E-state index in [4.69, 9.17) is 0 Å². The highest BCUT2D eigenvalue weighted by molar-refractivity contribution is 9.10. The fraction of sp³-hybridized carbons (Fsp3) is 0. The highest BCUT2D eigenvalue weighted by atomic mass is 79.9. The molecule has 1 heterocycles. The van der Waals surface area contributed by atoms with Crippen LogP contribution >= 0.6 is 15.9 Å². The normalized spacial score (nSPS) is 9.93. The maximum absolute atomic E-state index is 10.6. The van der Waals surface area contributed by atoms with Gasteiger partial charge in [0.15, 0.2) is 6.29 Å². The van der Waals surface area contributed by atoms with Gasteiger partial charge < -0.3 is 0 Å². The number of aromatic nitrogens is 1. The lowest BCUT2D eigenvalue weighted by atomic mass is 10.1. The molecule has 15 heavy (non-hydrogen) atoms. The lowest BCUT2D eigenvalue weighted by Crippen LogP contribution is -1.89. The Labute approximate surface area is 96.1 Å². The van der Waals surface area contributed by atoms with E-state index in [1.807, 2.05) is 36.4 Å². The van der Waals surface area contributed by atoms with E-state index >= 15 is 0 Å². The van der Waals surface area contributed by atoms with Gasteiger partial charge in [0.05, 0.1) is 5.69 Å². The van der Waals surface area contributed by atoms with Crippen molar-refractivity contribution in [1.29, 1.82) is 0 Å². The number of hydrogen-bond donors (Lipinski definition) is 0. The molecular weight excluding hydrogens is 254 g/mol. The first kappa shape index (κ1) is 10.1. The van der Waals surface area contributed by atoms with Gasteiger partial charge in [-0.2, -0.15) is 0 Å². The quantitative estimate of drug-likeness (QED) is 0.777. The summed E-state index contributed by atoms with van der Waals surface area (Å²) in [5.41, 5.74) is 2.25. The summed E-state index contributed by atoms with van der Waals surface area (Å²) in [5.74, 6) is 0. The third kappa shape index (κ3) is 2.30. The molecule has 0 unspecified atom stereocenters. The first-order chi connectivity index (χ1) is 7.29. The van der Waals surface area contributed by atoms with Gasteiger partial charge in [0.2, 0.25) is 0 Å². The summed E-state index contributed by atoms with van der Waals surface area (Å²) < 4.78 is 0.998. The Balaban J connectivity index is 2.49. The van der Waals surface area contributed by atoms with E-state index in [0.29, 0.717) is 5.69 Å². The number of pyridine rings is 1. The Kier molecular flexibility index (Phi) is 2.92. The minimum Gasteiger partial charge on any atom is -0.296 e. The maximum Gasteiger partial charge on any atom is 0.168 e. The molecule has 2 rings (SSSR count). The number of aldehydes is 1. The molecule has 0 N–H and O–H groups in total. The standard InChI is InChI=1S/C12H8BrNO/c13-10-4-1-3-9(7-10)12-6-2-5-11(8-15)14-12/h1-8H. The van der Waals surface area contributed by atoms with Gasteiger partial charge in [-0.1, -0.05) is 34.1 Å². The van der Waals surface area contributed by atoms with Gasteiger partial charge >= 0.3 is 0 Å². The Bertz CT molecular complexity index is 496. The van der Waals surface area contributed by atoms with Crippen LogP contribution in [0.2, 0.25) is 0 Å². The van der Waals surface area contributed by atoms with Crippen LogP contribution in [0.3, 0.4) is 0 Å². The van der Waals surface area contributed by atoms with E-state index in [-0.39, 0.29) is 0 Å². The predicted octanol–water partition coefficient (Wildman–Crippen LogP) is 3.32. The molecule has 0 fully saturated rings. The molecule has 1 aromatic heterocycles. The van der Waals surface area contributed by atoms with Crippen molar-refractivity contribution in [2.24, 2.45) is 0 Å². The van der Waals surface area contributed by atoms with Crippen LogP contribution in [0.5, 0.6) is 0 Å². The Morgan fingerprint density at radius 2 is 1.93 bits per heavy atom. The summed E-state index contributed by atoms with van der Waals surface area (Å²) in [6, 6.07) is 13.2. The maximum atomic E-state index is 10.6. The third-order valence-electron chi connectivity index (χ3n) is 2.01. The number of carbonyl (C=O) groups excluding carboxylic acids is 1. The summed E-state index contributed by atoms with van der Waals surface area (Å²) >= 11 is 3.40. The summed E-state index contributed by atoms with van der Waals surface area (Å²) in [5, 5.41) is 0. The van der Waals surface area contributed by atoms with Gasteiger partial charge in [0.25, 0.3) is 0 Å². The molecule has 2 aromatic rings. The first-order valence-electron chi connectivity index (χ1n) is 4.48. The Morgan fingerprint density at radius 3 is 2.67 bits per heavy atom. The molecule has 74 valence electrons. The molecule has 0 saturated heterocycles. The third-order valence-corrected chi connectivity index (χ3v) is 2.51. The molecule has 0 aliphatic rings. The summed E-state index contributed by atoms with van der Waals surface area (Å²) in [7, 11) is 0. The smallest absolute Gasteiger partial charge is 0.168 e. The van der Waals surface area contributed by atoms with Crippen molar-refractivity contribution in [3.8, 4) is 11.3 Å². The molecule has 0 aliphatic carbocycles. The molecular formula is C12H8BrNO. The van der Waals surface area contributed by atoms with E-state index in [0.717, 1.165) is 22.0 Å². The zero-order valence-corrected chi connectivity index (χ0v) is 9.44. The second kappa shape index (κ2) is 4.36. The van der Waals surface area contributed by atoms with Gasteiger partial charge in [-0.15, -0.1) is 0 Å². The monoisotopic (exact) mass is 261 g/mol. The Hall–Kier alpha value is -1.48. The lowest BCUT2D eigenvalue weighted by molar-refractivity contribution is 0.111. The van der Waals surface area contributed by atoms with Gasteiger partial charge in [-0.05, 0) is 24.3 Å². The number of carbonyl (C=O) groups is 1. The lowest BCUT2D eigenvalue weighted by Gasteiger charge is -2.01. The average molecular weight is 262 g/mol. The van der Waals surface area contributed by atoms with E-state index < -0.39 is 0 Å². The SMILES string of the molecule is O=Cc1cccc(-c2cccc(Br)c2)n1. The largest absolute Gasteiger partial charge is 0.296 e. The molecule has 0 bridgehead atoms. The summed E-state index contributed by atoms with van der Waals surface area (Å²) in [6.45, 7) is 0. The van der Waals surface area contributed by atoms with Gasteiger partial charge in [0, 0.05) is 10.0 Å². The van der Waals surface area contributed by atoms with Crippen LogP contribution in [0.4, 0.5) is 0 Å². The minimum absolute atomic E-state index is 0.451. The summed E-state index contributed by atoms with van der Waals surface area (Å²) in [4.78, 5) is 14.8. The molecule has 0 aliphatic heterocycles. The number of halogens is 1. The van der Waals surface area contributed by atoms with Crippen molar-refractivity contribution in [1.82, 2.24) is 4.98 Å². The average Bonchev–Trinajstić information content (AvgIpc) is 2.29. The van der Waals surface area contributed by atoms with Crippen molar-refractivity contribution in [3.05, 3.63) is 52.6 Å². The van der Waals surface area contributed by atoms with Crippen molar-refractivity contribution < 1.29 is 4.79 Å². The minimum atomic E-state index is 0.451. The molecule has 0 amide bonds. The van der Waals surface area contributed by atoms with E-state index in [9.17, 15) is 4.79 Å². The highest BCUT2D eigenvalue weighted by Crippen LogP contribution is 2.20. The van der Waals surface area contributed by atoms with E-state index in [2.05, 4.69) is 20.9 Å². The second-order valence-electron chi connectivity index (χ2n) is 3.08. The zero-order chi connectivity index (χ0) is 10.7. The van der Waals surface area contributed by atoms with Crippen LogP contribution < -0.4 is 0 Å². The van der Waals surface area contributed by atoms with Crippen molar-refractivity contribution in [2.75, 3.05) is 0 Å².